The molecule has 0 aliphatic carbocycles. The molecule has 4 rings (SSSR count). The van der Waals surface area contributed by atoms with Crippen molar-refractivity contribution in [2.45, 2.75) is 18.5 Å². The normalized spacial score (nSPS) is 19.7. The summed E-state index contributed by atoms with van der Waals surface area (Å²) in [4.78, 5) is 14.7. The minimum Gasteiger partial charge on any atom is -0.336 e. The largest absolute Gasteiger partial charge is 0.336 e. The lowest BCUT2D eigenvalue weighted by atomic mass is 9.95. The molecule has 0 unspecified atom stereocenters. The number of rotatable bonds is 4. The van der Waals surface area contributed by atoms with Gasteiger partial charge in [-0.1, -0.05) is 60.7 Å². The Morgan fingerprint density at radius 3 is 2.46 bits per heavy atom. The number of amides is 1. The monoisotopic (exact) mass is 346 g/mol. The van der Waals surface area contributed by atoms with Crippen molar-refractivity contribution < 1.29 is 4.79 Å². The van der Waals surface area contributed by atoms with E-state index in [-0.39, 0.29) is 17.9 Å². The van der Waals surface area contributed by atoms with Gasteiger partial charge in [-0.15, -0.1) is 0 Å². The van der Waals surface area contributed by atoms with Crippen LogP contribution in [0.5, 0.6) is 0 Å². The van der Waals surface area contributed by atoms with Crippen molar-refractivity contribution in [2.75, 3.05) is 13.1 Å². The highest BCUT2D eigenvalue weighted by atomic mass is 16.2. The lowest BCUT2D eigenvalue weighted by molar-refractivity contribution is 0.0789. The van der Waals surface area contributed by atoms with E-state index in [1.165, 1.54) is 5.56 Å². The van der Waals surface area contributed by atoms with Gasteiger partial charge in [0.1, 0.15) is 0 Å². The van der Waals surface area contributed by atoms with E-state index in [0.717, 1.165) is 5.56 Å². The lowest BCUT2D eigenvalue weighted by Gasteiger charge is -2.15. The van der Waals surface area contributed by atoms with E-state index in [1.807, 2.05) is 59.6 Å². The molecule has 26 heavy (non-hydrogen) atoms. The predicted octanol–water partition coefficient (Wildman–Crippen LogP) is 2.50. The Bertz CT molecular complexity index is 875. The molecule has 2 N–H and O–H groups in total. The molecular weight excluding hydrogens is 324 g/mol. The molecule has 3 aromatic rings. The molecule has 0 bridgehead atoms. The number of nitrogens with two attached hydrogens (primary N) is 1. The van der Waals surface area contributed by atoms with Crippen LogP contribution in [-0.4, -0.2) is 39.7 Å². The minimum absolute atomic E-state index is 0.00167. The highest BCUT2D eigenvalue weighted by molar-refractivity contribution is 5.94. The van der Waals surface area contributed by atoms with Crippen LogP contribution in [0.1, 0.15) is 27.4 Å². The Kier molecular flexibility index (Phi) is 4.54. The quantitative estimate of drug-likeness (QED) is 0.789. The molecule has 1 aromatic heterocycles. The fourth-order valence-corrected chi connectivity index (χ4v) is 3.56. The average molecular weight is 346 g/mol. The fraction of sp³-hybridized carbons (Fsp3) is 0.238. The van der Waals surface area contributed by atoms with E-state index >= 15 is 0 Å². The molecule has 1 saturated heterocycles. The first-order chi connectivity index (χ1) is 12.7. The van der Waals surface area contributed by atoms with Gasteiger partial charge in [0.15, 0.2) is 0 Å². The zero-order valence-corrected chi connectivity index (χ0v) is 14.5. The van der Waals surface area contributed by atoms with Crippen molar-refractivity contribution in [3.63, 3.8) is 0 Å². The fourth-order valence-electron chi connectivity index (χ4n) is 3.56. The van der Waals surface area contributed by atoms with Crippen molar-refractivity contribution in [1.29, 1.82) is 0 Å². The molecule has 1 aliphatic heterocycles. The summed E-state index contributed by atoms with van der Waals surface area (Å²) >= 11 is 0. The number of benzene rings is 2. The van der Waals surface area contributed by atoms with Gasteiger partial charge in [0.2, 0.25) is 0 Å². The predicted molar refractivity (Wildman–Crippen MR) is 101 cm³/mol. The van der Waals surface area contributed by atoms with E-state index in [0.29, 0.717) is 25.2 Å². The molecule has 2 aromatic carbocycles. The Labute approximate surface area is 153 Å². The second-order valence-corrected chi connectivity index (χ2v) is 6.80. The van der Waals surface area contributed by atoms with Gasteiger partial charge in [-0.3, -0.25) is 9.48 Å². The summed E-state index contributed by atoms with van der Waals surface area (Å²) in [5.74, 6) is 0.178. The number of likely N-dealkylation sites (tertiary alicyclic amines) is 1. The first-order valence-electron chi connectivity index (χ1n) is 8.87. The van der Waals surface area contributed by atoms with Crippen molar-refractivity contribution in [3.05, 3.63) is 89.7 Å². The summed E-state index contributed by atoms with van der Waals surface area (Å²) in [5, 5.41) is 4.34. The number of nitrogens with zero attached hydrogens (tertiary/aromatic N) is 3. The van der Waals surface area contributed by atoms with Gasteiger partial charge in [0.05, 0.1) is 18.3 Å². The molecule has 2 heterocycles. The summed E-state index contributed by atoms with van der Waals surface area (Å²) in [7, 11) is 0. The van der Waals surface area contributed by atoms with E-state index in [1.54, 1.807) is 10.9 Å². The third kappa shape index (κ3) is 3.39. The number of hydrogen-bond donors (Lipinski definition) is 1. The number of hydrogen-bond acceptors (Lipinski definition) is 3. The van der Waals surface area contributed by atoms with Crippen LogP contribution in [0.3, 0.4) is 0 Å². The maximum atomic E-state index is 12.9. The molecule has 0 saturated carbocycles. The topological polar surface area (TPSA) is 64.2 Å². The van der Waals surface area contributed by atoms with Crippen LogP contribution < -0.4 is 5.73 Å². The van der Waals surface area contributed by atoms with Gasteiger partial charge in [-0.2, -0.15) is 5.10 Å². The summed E-state index contributed by atoms with van der Waals surface area (Å²) in [6.07, 6.45) is 3.46. The molecule has 0 spiro atoms. The highest BCUT2D eigenvalue weighted by Crippen LogP contribution is 2.27. The van der Waals surface area contributed by atoms with E-state index in [2.05, 4.69) is 17.2 Å². The molecule has 1 amide bonds. The second kappa shape index (κ2) is 7.14. The number of carbonyl (C=O) groups excluding carboxylic acids is 1. The summed E-state index contributed by atoms with van der Waals surface area (Å²) in [5.41, 5.74) is 9.27. The molecule has 0 radical (unpaired) electrons. The van der Waals surface area contributed by atoms with Crippen molar-refractivity contribution >= 4 is 5.91 Å². The van der Waals surface area contributed by atoms with E-state index < -0.39 is 0 Å². The van der Waals surface area contributed by atoms with Gasteiger partial charge in [-0.25, -0.2) is 0 Å². The molecule has 5 nitrogen and oxygen atoms in total. The second-order valence-electron chi connectivity index (χ2n) is 6.80. The summed E-state index contributed by atoms with van der Waals surface area (Å²) < 4.78 is 1.80. The zero-order valence-electron chi connectivity index (χ0n) is 14.5. The molecule has 1 fully saturated rings. The van der Waals surface area contributed by atoms with Crippen molar-refractivity contribution in [1.82, 2.24) is 14.7 Å². The average Bonchev–Trinajstić information content (AvgIpc) is 3.29. The number of carbonyl (C=O) groups is 1. The minimum atomic E-state index is -0.0410. The van der Waals surface area contributed by atoms with Crippen LogP contribution >= 0.6 is 0 Å². The van der Waals surface area contributed by atoms with Crippen molar-refractivity contribution in [3.8, 4) is 0 Å². The molecule has 2 atom stereocenters. The highest BCUT2D eigenvalue weighted by Gasteiger charge is 2.34. The van der Waals surface area contributed by atoms with Gasteiger partial charge in [0.25, 0.3) is 5.91 Å². The van der Waals surface area contributed by atoms with E-state index in [4.69, 9.17) is 5.73 Å². The van der Waals surface area contributed by atoms with Gasteiger partial charge < -0.3 is 10.6 Å². The van der Waals surface area contributed by atoms with Crippen LogP contribution in [0.15, 0.2) is 73.1 Å². The Balaban J connectivity index is 1.45. The van der Waals surface area contributed by atoms with Crippen LogP contribution in [0, 0.1) is 0 Å². The van der Waals surface area contributed by atoms with Crippen LogP contribution in [0.4, 0.5) is 0 Å². The van der Waals surface area contributed by atoms with Crippen LogP contribution in [0.25, 0.3) is 0 Å². The third-order valence-electron chi connectivity index (χ3n) is 4.95. The summed E-state index contributed by atoms with van der Waals surface area (Å²) in [6.45, 7) is 1.87. The Hall–Kier alpha value is -2.92. The Morgan fingerprint density at radius 2 is 1.73 bits per heavy atom. The first-order valence-corrected chi connectivity index (χ1v) is 8.87. The standard InChI is InChI=1S/C21H22N4O/c22-20-15-24(14-19(20)17-9-5-2-6-10-17)21(26)18-11-23-25(13-18)12-16-7-3-1-4-8-16/h1-11,13,19-20H,12,14-15,22H2/t19-,20+/m0/s1. The van der Waals surface area contributed by atoms with Gasteiger partial charge in [0, 0.05) is 31.2 Å². The SMILES string of the molecule is N[C@@H]1CN(C(=O)c2cnn(Cc3ccccc3)c2)C[C@H]1c1ccccc1. The summed E-state index contributed by atoms with van der Waals surface area (Å²) in [6, 6.07) is 20.2. The van der Waals surface area contributed by atoms with Gasteiger partial charge in [-0.05, 0) is 11.1 Å². The molecule has 5 heteroatoms. The lowest BCUT2D eigenvalue weighted by Crippen LogP contribution is -2.32. The van der Waals surface area contributed by atoms with E-state index in [9.17, 15) is 4.79 Å². The first kappa shape index (κ1) is 16.5. The molecule has 132 valence electrons. The van der Waals surface area contributed by atoms with Crippen LogP contribution in [0.2, 0.25) is 0 Å². The van der Waals surface area contributed by atoms with Crippen molar-refractivity contribution in [2.24, 2.45) is 5.73 Å². The Morgan fingerprint density at radius 1 is 1.04 bits per heavy atom. The molecule has 1 aliphatic rings. The number of aromatic nitrogens is 2. The maximum absolute atomic E-state index is 12.9. The maximum Gasteiger partial charge on any atom is 0.257 e. The van der Waals surface area contributed by atoms with Crippen LogP contribution in [-0.2, 0) is 6.54 Å². The molecular formula is C21H22N4O. The van der Waals surface area contributed by atoms with Gasteiger partial charge >= 0.3 is 0 Å². The zero-order chi connectivity index (χ0) is 17.9. The smallest absolute Gasteiger partial charge is 0.257 e. The third-order valence-corrected chi connectivity index (χ3v) is 4.95.